The predicted octanol–water partition coefficient (Wildman–Crippen LogP) is 3.49. The fraction of sp³-hybridized carbons (Fsp3) is 0.312. The van der Waals surface area contributed by atoms with E-state index < -0.39 is 10.0 Å². The van der Waals surface area contributed by atoms with Gasteiger partial charge in [-0.3, -0.25) is 4.72 Å². The largest absolute Gasteiger partial charge is 0.354 e. The minimum atomic E-state index is -3.30. The van der Waals surface area contributed by atoms with Crippen molar-refractivity contribution in [1.29, 1.82) is 0 Å². The van der Waals surface area contributed by atoms with Crippen LogP contribution in [-0.4, -0.2) is 19.7 Å². The van der Waals surface area contributed by atoms with E-state index in [9.17, 15) is 8.42 Å². The maximum atomic E-state index is 11.1. The lowest BCUT2D eigenvalue weighted by molar-refractivity contribution is 0.590. The number of hydrogen-bond donors (Lipinski definition) is 2. The van der Waals surface area contributed by atoms with Crippen LogP contribution in [0.25, 0.3) is 0 Å². The summed E-state index contributed by atoms with van der Waals surface area (Å²) in [6, 6.07) is 11.6. The Morgan fingerprint density at radius 3 is 2.00 bits per heavy atom. The Kier molecular flexibility index (Phi) is 4.42. The number of nitrogens with zero attached hydrogens (tertiary/aromatic N) is 1. The van der Waals surface area contributed by atoms with Crippen molar-refractivity contribution in [3.63, 3.8) is 0 Å². The maximum Gasteiger partial charge on any atom is 0.230 e. The van der Waals surface area contributed by atoms with E-state index in [4.69, 9.17) is 0 Å². The van der Waals surface area contributed by atoms with Crippen molar-refractivity contribution in [3.05, 3.63) is 48.2 Å². The molecule has 0 spiro atoms. The average molecular weight is 319 g/mol. The highest BCUT2D eigenvalue weighted by Crippen LogP contribution is 2.25. The summed E-state index contributed by atoms with van der Waals surface area (Å²) in [5, 5.41) is 3.23. The molecule has 22 heavy (non-hydrogen) atoms. The fourth-order valence-corrected chi connectivity index (χ4v) is 2.44. The molecule has 118 valence electrons. The van der Waals surface area contributed by atoms with E-state index in [1.165, 1.54) is 5.56 Å². The highest BCUT2D eigenvalue weighted by Gasteiger charge is 2.12. The first-order valence-corrected chi connectivity index (χ1v) is 8.84. The zero-order chi connectivity index (χ0) is 16.4. The second kappa shape index (κ2) is 5.96. The van der Waals surface area contributed by atoms with Crippen LogP contribution < -0.4 is 10.0 Å². The van der Waals surface area contributed by atoms with Gasteiger partial charge in [-0.25, -0.2) is 13.4 Å². The summed E-state index contributed by atoms with van der Waals surface area (Å²) in [6.45, 7) is 6.52. The third kappa shape index (κ3) is 4.73. The van der Waals surface area contributed by atoms with Crippen LogP contribution in [0, 0.1) is 0 Å². The van der Waals surface area contributed by atoms with Gasteiger partial charge in [-0.05, 0) is 35.2 Å². The number of rotatable bonds is 4. The number of anilines is 3. The first kappa shape index (κ1) is 16.3. The van der Waals surface area contributed by atoms with E-state index in [0.29, 0.717) is 5.82 Å². The fourth-order valence-electron chi connectivity index (χ4n) is 1.94. The minimum absolute atomic E-state index is 0.124. The minimum Gasteiger partial charge on any atom is -0.354 e. The van der Waals surface area contributed by atoms with Gasteiger partial charge in [0.25, 0.3) is 0 Å². The molecule has 1 heterocycles. The topological polar surface area (TPSA) is 71.1 Å². The second-order valence-corrected chi connectivity index (χ2v) is 8.01. The van der Waals surface area contributed by atoms with Crippen molar-refractivity contribution in [2.24, 2.45) is 0 Å². The van der Waals surface area contributed by atoms with E-state index in [0.717, 1.165) is 17.6 Å². The molecule has 2 rings (SSSR count). The van der Waals surface area contributed by atoms with Crippen LogP contribution >= 0.6 is 0 Å². The van der Waals surface area contributed by atoms with E-state index in [2.05, 4.69) is 47.9 Å². The van der Waals surface area contributed by atoms with Crippen LogP contribution in [0.2, 0.25) is 0 Å². The quantitative estimate of drug-likeness (QED) is 0.905. The van der Waals surface area contributed by atoms with Crippen LogP contribution in [-0.2, 0) is 15.4 Å². The predicted molar refractivity (Wildman–Crippen MR) is 91.1 cm³/mol. The molecular weight excluding hydrogens is 298 g/mol. The van der Waals surface area contributed by atoms with E-state index in [-0.39, 0.29) is 5.41 Å². The molecule has 0 saturated carbocycles. The SMILES string of the molecule is CC(C)(C)c1ccc(Nc2ccc(NS(C)(=O)=O)nc2)cc1. The summed E-state index contributed by atoms with van der Waals surface area (Å²) in [7, 11) is -3.30. The van der Waals surface area contributed by atoms with Gasteiger partial charge in [0.15, 0.2) is 0 Å². The summed E-state index contributed by atoms with van der Waals surface area (Å²) in [6.07, 6.45) is 2.68. The summed E-state index contributed by atoms with van der Waals surface area (Å²) in [5.74, 6) is 0.302. The number of sulfonamides is 1. The lowest BCUT2D eigenvalue weighted by atomic mass is 9.87. The van der Waals surface area contributed by atoms with Crippen molar-refractivity contribution >= 4 is 27.2 Å². The average Bonchev–Trinajstić information content (AvgIpc) is 2.39. The van der Waals surface area contributed by atoms with Gasteiger partial charge in [-0.15, -0.1) is 0 Å². The van der Waals surface area contributed by atoms with E-state index in [1.54, 1.807) is 18.3 Å². The molecule has 0 aliphatic rings. The molecule has 0 unspecified atom stereocenters. The van der Waals surface area contributed by atoms with Crippen molar-refractivity contribution < 1.29 is 8.42 Å². The molecule has 1 aromatic heterocycles. The Morgan fingerprint density at radius 2 is 1.55 bits per heavy atom. The Hall–Kier alpha value is -2.08. The van der Waals surface area contributed by atoms with Gasteiger partial charge >= 0.3 is 0 Å². The van der Waals surface area contributed by atoms with Crippen LogP contribution in [0.4, 0.5) is 17.2 Å². The van der Waals surface area contributed by atoms with Crippen molar-refractivity contribution in [2.75, 3.05) is 16.3 Å². The molecule has 0 fully saturated rings. The molecule has 1 aromatic carbocycles. The molecule has 2 N–H and O–H groups in total. The molecule has 0 aliphatic heterocycles. The summed E-state index contributed by atoms with van der Waals surface area (Å²) in [5.41, 5.74) is 3.14. The van der Waals surface area contributed by atoms with Crippen molar-refractivity contribution in [1.82, 2.24) is 4.98 Å². The number of benzene rings is 1. The molecule has 0 radical (unpaired) electrons. The molecule has 2 aromatic rings. The van der Waals surface area contributed by atoms with Gasteiger partial charge < -0.3 is 5.32 Å². The summed E-state index contributed by atoms with van der Waals surface area (Å²) >= 11 is 0. The normalized spacial score (nSPS) is 12.0. The lowest BCUT2D eigenvalue weighted by Crippen LogP contribution is -2.11. The maximum absolute atomic E-state index is 11.1. The van der Waals surface area contributed by atoms with Crippen LogP contribution in [0.5, 0.6) is 0 Å². The first-order valence-electron chi connectivity index (χ1n) is 6.95. The molecule has 0 aliphatic carbocycles. The molecule has 6 heteroatoms. The van der Waals surface area contributed by atoms with Gasteiger partial charge in [0.05, 0.1) is 18.1 Å². The van der Waals surface area contributed by atoms with Gasteiger partial charge in [0.2, 0.25) is 10.0 Å². The number of pyridine rings is 1. The Morgan fingerprint density at radius 1 is 0.955 bits per heavy atom. The number of aromatic nitrogens is 1. The molecule has 0 saturated heterocycles. The van der Waals surface area contributed by atoms with Crippen LogP contribution in [0.3, 0.4) is 0 Å². The number of nitrogens with one attached hydrogen (secondary N) is 2. The second-order valence-electron chi connectivity index (χ2n) is 6.26. The molecule has 0 bridgehead atoms. The van der Waals surface area contributed by atoms with Crippen molar-refractivity contribution in [2.45, 2.75) is 26.2 Å². The van der Waals surface area contributed by atoms with Gasteiger partial charge in [-0.1, -0.05) is 32.9 Å². The zero-order valence-electron chi connectivity index (χ0n) is 13.2. The smallest absolute Gasteiger partial charge is 0.230 e. The highest BCUT2D eigenvalue weighted by molar-refractivity contribution is 7.92. The summed E-state index contributed by atoms with van der Waals surface area (Å²) < 4.78 is 24.6. The molecule has 0 amide bonds. The standard InChI is InChI=1S/C16H21N3O2S/c1-16(2,3)12-5-7-13(8-6-12)18-14-9-10-15(17-11-14)19-22(4,20)21/h5-11,18H,1-4H3,(H,17,19). The third-order valence-corrected chi connectivity index (χ3v) is 3.67. The monoisotopic (exact) mass is 319 g/mol. The summed E-state index contributed by atoms with van der Waals surface area (Å²) in [4.78, 5) is 4.06. The molecular formula is C16H21N3O2S. The van der Waals surface area contributed by atoms with Gasteiger partial charge in [-0.2, -0.15) is 0 Å². The Balaban J connectivity index is 2.08. The van der Waals surface area contributed by atoms with Crippen LogP contribution in [0.1, 0.15) is 26.3 Å². The van der Waals surface area contributed by atoms with Gasteiger partial charge in [0, 0.05) is 5.69 Å². The van der Waals surface area contributed by atoms with Gasteiger partial charge in [0.1, 0.15) is 5.82 Å². The number of hydrogen-bond acceptors (Lipinski definition) is 4. The van der Waals surface area contributed by atoms with Crippen molar-refractivity contribution in [3.8, 4) is 0 Å². The van der Waals surface area contributed by atoms with E-state index >= 15 is 0 Å². The molecule has 0 atom stereocenters. The first-order chi connectivity index (χ1) is 10.1. The lowest BCUT2D eigenvalue weighted by Gasteiger charge is -2.19. The molecule has 5 nitrogen and oxygen atoms in total. The van der Waals surface area contributed by atoms with E-state index in [1.807, 2.05) is 12.1 Å². The Bertz CT molecular complexity index is 730. The third-order valence-electron chi connectivity index (χ3n) is 3.09. The zero-order valence-corrected chi connectivity index (χ0v) is 14.0. The Labute approximate surface area is 131 Å². The van der Waals surface area contributed by atoms with Crippen LogP contribution in [0.15, 0.2) is 42.6 Å². The highest BCUT2D eigenvalue weighted by atomic mass is 32.2.